The van der Waals surface area contributed by atoms with Gasteiger partial charge in [-0.05, 0) is 12.8 Å². The van der Waals surface area contributed by atoms with Crippen LogP contribution in [0.1, 0.15) is 19.3 Å². The molecule has 9 heavy (non-hydrogen) atoms. The van der Waals surface area contributed by atoms with Crippen molar-refractivity contribution in [2.45, 2.75) is 25.3 Å². The molecule has 0 bridgehead atoms. The summed E-state index contributed by atoms with van der Waals surface area (Å²) < 4.78 is 7.93. The number of fused-ring (bicyclic) bond motifs is 1. The van der Waals surface area contributed by atoms with E-state index in [-0.39, 0.29) is 8.96 Å². The Morgan fingerprint density at radius 1 is 1.44 bits per heavy atom. The molecule has 2 rings (SSSR count). The molecule has 2 heterocycles. The molecule has 0 aromatic rings. The van der Waals surface area contributed by atoms with Crippen LogP contribution in [0.4, 0.5) is 0 Å². The van der Waals surface area contributed by atoms with E-state index in [9.17, 15) is 0 Å². The Labute approximate surface area is 57.5 Å². The average molecular weight is 146 g/mol. The topological polar surface area (TPSA) is 12.5 Å². The number of hydrogen-bond donors (Lipinski definition) is 0. The summed E-state index contributed by atoms with van der Waals surface area (Å²) in [6, 6.07) is 0.814. The molecule has 0 saturated carbocycles. The van der Waals surface area contributed by atoms with Gasteiger partial charge in [0.15, 0.2) is 8.96 Å². The summed E-state index contributed by atoms with van der Waals surface area (Å²) >= 11 is 0. The second kappa shape index (κ2) is 2.53. The average Bonchev–Trinajstić information content (AvgIpc) is 2.33. The molecule has 2 nitrogen and oxygen atoms in total. The van der Waals surface area contributed by atoms with E-state index in [2.05, 4.69) is 4.67 Å². The molecule has 3 heteroatoms. The lowest BCUT2D eigenvalue weighted by atomic mass is 10.1. The van der Waals surface area contributed by atoms with E-state index in [0.717, 1.165) is 12.6 Å². The molecule has 2 saturated heterocycles. The summed E-state index contributed by atoms with van der Waals surface area (Å²) in [7, 11) is 0.227. The number of piperidine rings is 1. The van der Waals surface area contributed by atoms with Gasteiger partial charge in [0.05, 0.1) is 6.04 Å². The first-order valence-corrected chi connectivity index (χ1v) is 4.66. The van der Waals surface area contributed by atoms with Crippen LogP contribution in [0.15, 0.2) is 0 Å². The highest BCUT2D eigenvalue weighted by atomic mass is 31.1. The van der Waals surface area contributed by atoms with E-state index in [0.29, 0.717) is 0 Å². The highest BCUT2D eigenvalue weighted by Gasteiger charge is 2.32. The fourth-order valence-corrected chi connectivity index (χ4v) is 2.79. The second-order valence-corrected chi connectivity index (χ2v) is 4.03. The summed E-state index contributed by atoms with van der Waals surface area (Å²) in [6.45, 7) is 2.33. The zero-order valence-corrected chi connectivity index (χ0v) is 6.70. The fourth-order valence-electron chi connectivity index (χ4n) is 1.59. The van der Waals surface area contributed by atoms with Crippen LogP contribution in [-0.2, 0) is 4.52 Å². The molecule has 2 aliphatic heterocycles. The van der Waals surface area contributed by atoms with Crippen molar-refractivity contribution in [2.24, 2.45) is 0 Å². The first kappa shape index (κ1) is 6.09. The van der Waals surface area contributed by atoms with Crippen molar-refractivity contribution in [1.29, 1.82) is 0 Å². The second-order valence-electron chi connectivity index (χ2n) is 2.83. The van der Waals surface area contributed by atoms with Gasteiger partial charge in [-0.25, -0.2) is 4.52 Å². The van der Waals surface area contributed by atoms with E-state index in [4.69, 9.17) is 4.52 Å². The van der Waals surface area contributed by atoms with Gasteiger partial charge < -0.3 is 0 Å². The van der Waals surface area contributed by atoms with E-state index in [1.807, 2.05) is 0 Å². The third-order valence-corrected chi connectivity index (χ3v) is 3.46. The minimum atomic E-state index is 0.227. The van der Waals surface area contributed by atoms with Crippen molar-refractivity contribution in [3.63, 3.8) is 0 Å². The maximum absolute atomic E-state index is 5.40. The number of hydrogen-bond acceptors (Lipinski definition) is 2. The largest absolute Gasteiger partial charge is 0.223 e. The van der Waals surface area contributed by atoms with Crippen molar-refractivity contribution in [3.8, 4) is 0 Å². The van der Waals surface area contributed by atoms with E-state index >= 15 is 0 Å². The molecule has 0 aliphatic carbocycles. The van der Waals surface area contributed by atoms with Crippen molar-refractivity contribution in [3.05, 3.63) is 0 Å². The van der Waals surface area contributed by atoms with Crippen LogP contribution < -0.4 is 0 Å². The standard InChI is InChI=1S/C6H12NOP/c1-2-4-7-6(3-1)5-8-9-7/h6,9H,1-5H2/p+1. The van der Waals surface area contributed by atoms with Crippen LogP contribution in [0, 0.1) is 0 Å². The lowest BCUT2D eigenvalue weighted by Gasteiger charge is -2.21. The number of rotatable bonds is 0. The zero-order chi connectivity index (χ0) is 6.10. The van der Waals surface area contributed by atoms with E-state index in [1.54, 1.807) is 0 Å². The summed E-state index contributed by atoms with van der Waals surface area (Å²) in [4.78, 5) is 0. The predicted molar refractivity (Wildman–Crippen MR) is 40.0 cm³/mol. The normalized spacial score (nSPS) is 39.3. The predicted octanol–water partition coefficient (Wildman–Crippen LogP) is 1.11. The smallest absolute Gasteiger partial charge is 0.190 e. The molecular weight excluding hydrogens is 133 g/mol. The SMILES string of the molecule is C1CCN2[PH2+]OCC2C1. The third-order valence-electron chi connectivity index (χ3n) is 2.17. The molecule has 0 aromatic carbocycles. The van der Waals surface area contributed by atoms with Crippen LogP contribution in [-0.4, -0.2) is 23.9 Å². The molecular formula is C6H13NOP+. The zero-order valence-electron chi connectivity index (χ0n) is 5.55. The van der Waals surface area contributed by atoms with Crippen LogP contribution in [0.25, 0.3) is 0 Å². The molecule has 0 amide bonds. The van der Waals surface area contributed by atoms with Crippen molar-refractivity contribution >= 4 is 8.96 Å². The monoisotopic (exact) mass is 146 g/mol. The molecule has 0 aromatic heterocycles. The van der Waals surface area contributed by atoms with Gasteiger partial charge in [0.2, 0.25) is 0 Å². The lowest BCUT2D eigenvalue weighted by Crippen LogP contribution is -2.30. The van der Waals surface area contributed by atoms with Gasteiger partial charge in [-0.1, -0.05) is 6.42 Å². The third kappa shape index (κ3) is 1.12. The molecule has 0 spiro atoms. The van der Waals surface area contributed by atoms with Gasteiger partial charge in [-0.15, -0.1) is 0 Å². The Bertz CT molecular complexity index is 97.2. The Morgan fingerprint density at radius 2 is 2.44 bits per heavy atom. The van der Waals surface area contributed by atoms with Crippen LogP contribution in [0.3, 0.4) is 0 Å². The van der Waals surface area contributed by atoms with Crippen molar-refractivity contribution in [1.82, 2.24) is 4.67 Å². The molecule has 2 fully saturated rings. The maximum atomic E-state index is 5.40. The molecule has 0 radical (unpaired) electrons. The molecule has 52 valence electrons. The summed E-state index contributed by atoms with van der Waals surface area (Å²) in [5.74, 6) is 0. The quantitative estimate of drug-likeness (QED) is 0.475. The van der Waals surface area contributed by atoms with Gasteiger partial charge in [0.25, 0.3) is 0 Å². The summed E-state index contributed by atoms with van der Waals surface area (Å²) in [5, 5.41) is 0. The Kier molecular flexibility index (Phi) is 1.71. The highest BCUT2D eigenvalue weighted by Crippen LogP contribution is 2.35. The van der Waals surface area contributed by atoms with Gasteiger partial charge in [-0.3, -0.25) is 0 Å². The molecule has 0 N–H and O–H groups in total. The first-order chi connectivity index (χ1) is 4.47. The summed E-state index contributed by atoms with van der Waals surface area (Å²) in [5.41, 5.74) is 0. The Morgan fingerprint density at radius 3 is 3.33 bits per heavy atom. The lowest BCUT2D eigenvalue weighted by molar-refractivity contribution is 0.257. The number of nitrogens with zero attached hydrogens (tertiary/aromatic N) is 1. The molecule has 2 unspecified atom stereocenters. The highest BCUT2D eigenvalue weighted by molar-refractivity contribution is 7.29. The van der Waals surface area contributed by atoms with Crippen LogP contribution in [0.2, 0.25) is 0 Å². The minimum Gasteiger partial charge on any atom is -0.223 e. The Hall–Kier alpha value is 0.350. The van der Waals surface area contributed by atoms with Crippen molar-refractivity contribution in [2.75, 3.05) is 13.2 Å². The minimum absolute atomic E-state index is 0.227. The Balaban J connectivity index is 1.97. The van der Waals surface area contributed by atoms with Crippen molar-refractivity contribution < 1.29 is 4.52 Å². The van der Waals surface area contributed by atoms with Gasteiger partial charge in [0.1, 0.15) is 6.61 Å². The molecule has 2 atom stereocenters. The van der Waals surface area contributed by atoms with Crippen LogP contribution in [0.5, 0.6) is 0 Å². The van der Waals surface area contributed by atoms with Gasteiger partial charge in [-0.2, -0.15) is 4.67 Å². The van der Waals surface area contributed by atoms with E-state index < -0.39 is 0 Å². The van der Waals surface area contributed by atoms with Gasteiger partial charge >= 0.3 is 0 Å². The molecule has 2 aliphatic rings. The summed E-state index contributed by atoms with van der Waals surface area (Å²) in [6.07, 6.45) is 4.20. The van der Waals surface area contributed by atoms with E-state index in [1.165, 1.54) is 25.8 Å². The fraction of sp³-hybridized carbons (Fsp3) is 1.00. The maximum Gasteiger partial charge on any atom is 0.190 e. The van der Waals surface area contributed by atoms with Gasteiger partial charge in [0, 0.05) is 6.54 Å². The first-order valence-electron chi connectivity index (χ1n) is 3.67. The van der Waals surface area contributed by atoms with Crippen LogP contribution >= 0.6 is 8.96 Å².